The van der Waals surface area contributed by atoms with E-state index < -0.39 is 0 Å². The minimum atomic E-state index is -0.217. The Hall–Kier alpha value is -3.02. The molecule has 2 aromatic heterocycles. The molecule has 6 heteroatoms. The largest absolute Gasteiger partial charge is 0.495 e. The first-order valence-electron chi connectivity index (χ1n) is 9.13. The summed E-state index contributed by atoms with van der Waals surface area (Å²) in [4.78, 5) is 17.4. The third-order valence-electron chi connectivity index (χ3n) is 5.22. The molecule has 3 heterocycles. The van der Waals surface area contributed by atoms with Crippen LogP contribution in [0.15, 0.2) is 54.9 Å². The number of methoxy groups -OCH3 is 1. The summed E-state index contributed by atoms with van der Waals surface area (Å²) in [5, 5.41) is 4.30. The van der Waals surface area contributed by atoms with Crippen LogP contribution in [-0.4, -0.2) is 52.7 Å². The van der Waals surface area contributed by atoms with Crippen molar-refractivity contribution < 1.29 is 9.53 Å². The molecule has 1 aliphatic rings. The number of rotatable bonds is 3. The summed E-state index contributed by atoms with van der Waals surface area (Å²) in [6.07, 6.45) is 3.52. The van der Waals surface area contributed by atoms with Gasteiger partial charge in [-0.2, -0.15) is 5.10 Å². The number of anilines is 1. The summed E-state index contributed by atoms with van der Waals surface area (Å²) in [5.41, 5.74) is 2.34. The van der Waals surface area contributed by atoms with Crippen LogP contribution in [0.25, 0.3) is 5.52 Å². The van der Waals surface area contributed by atoms with E-state index in [2.05, 4.69) is 29.9 Å². The van der Waals surface area contributed by atoms with Crippen LogP contribution in [-0.2, 0) is 0 Å². The maximum absolute atomic E-state index is 13.2. The summed E-state index contributed by atoms with van der Waals surface area (Å²) in [6.45, 7) is 6.36. The summed E-state index contributed by atoms with van der Waals surface area (Å²) in [7, 11) is 1.69. The van der Waals surface area contributed by atoms with Crippen LogP contribution in [0, 0.1) is 0 Å². The lowest BCUT2D eigenvalue weighted by atomic mass is 9.97. The highest BCUT2D eigenvalue weighted by Crippen LogP contribution is 2.35. The highest BCUT2D eigenvalue weighted by Gasteiger charge is 2.37. The van der Waals surface area contributed by atoms with Crippen LogP contribution in [0.1, 0.15) is 24.2 Å². The van der Waals surface area contributed by atoms with E-state index in [0.717, 1.165) is 23.5 Å². The molecule has 0 spiro atoms. The second-order valence-corrected chi connectivity index (χ2v) is 7.45. The fourth-order valence-corrected chi connectivity index (χ4v) is 3.90. The number of piperazine rings is 1. The Morgan fingerprint density at radius 2 is 1.89 bits per heavy atom. The number of carbonyl (C=O) groups is 1. The lowest BCUT2D eigenvalue weighted by Crippen LogP contribution is -2.60. The van der Waals surface area contributed by atoms with Crippen molar-refractivity contribution in [3.05, 3.63) is 60.4 Å². The van der Waals surface area contributed by atoms with Crippen molar-refractivity contribution in [3.63, 3.8) is 0 Å². The van der Waals surface area contributed by atoms with E-state index in [9.17, 15) is 4.79 Å². The quantitative estimate of drug-likeness (QED) is 0.717. The van der Waals surface area contributed by atoms with Gasteiger partial charge in [0, 0.05) is 25.8 Å². The molecular weight excluding hydrogens is 340 g/mol. The van der Waals surface area contributed by atoms with E-state index in [4.69, 9.17) is 4.74 Å². The van der Waals surface area contributed by atoms with Gasteiger partial charge in [0.05, 0.1) is 35.6 Å². The number of hydrogen-bond donors (Lipinski definition) is 0. The van der Waals surface area contributed by atoms with Gasteiger partial charge in [-0.05, 0) is 38.1 Å². The van der Waals surface area contributed by atoms with Crippen LogP contribution in [0.5, 0.6) is 5.75 Å². The van der Waals surface area contributed by atoms with E-state index in [1.165, 1.54) is 0 Å². The predicted molar refractivity (Wildman–Crippen MR) is 106 cm³/mol. The number of fused-ring (bicyclic) bond motifs is 1. The van der Waals surface area contributed by atoms with Gasteiger partial charge in [0.25, 0.3) is 5.91 Å². The minimum Gasteiger partial charge on any atom is -0.495 e. The maximum atomic E-state index is 13.2. The summed E-state index contributed by atoms with van der Waals surface area (Å²) < 4.78 is 7.28. The number of hydrogen-bond acceptors (Lipinski definition) is 4. The van der Waals surface area contributed by atoms with Crippen molar-refractivity contribution in [2.24, 2.45) is 0 Å². The van der Waals surface area contributed by atoms with Gasteiger partial charge in [-0.3, -0.25) is 4.79 Å². The number of ether oxygens (including phenoxy) is 1. The predicted octanol–water partition coefficient (Wildman–Crippen LogP) is 3.08. The minimum absolute atomic E-state index is 0.0314. The van der Waals surface area contributed by atoms with Crippen LogP contribution < -0.4 is 9.64 Å². The molecule has 1 aromatic carbocycles. The van der Waals surface area contributed by atoms with Crippen molar-refractivity contribution in [1.29, 1.82) is 0 Å². The van der Waals surface area contributed by atoms with Crippen LogP contribution in [0.2, 0.25) is 0 Å². The zero-order chi connectivity index (χ0) is 19.0. The molecule has 0 radical (unpaired) electrons. The lowest BCUT2D eigenvalue weighted by Gasteiger charge is -2.48. The molecule has 1 saturated heterocycles. The third-order valence-corrected chi connectivity index (χ3v) is 5.22. The molecule has 0 bridgehead atoms. The fraction of sp³-hybridized carbons (Fsp3) is 0.333. The third kappa shape index (κ3) is 3.01. The molecule has 3 aromatic rings. The van der Waals surface area contributed by atoms with Crippen molar-refractivity contribution in [2.45, 2.75) is 19.4 Å². The van der Waals surface area contributed by atoms with Gasteiger partial charge >= 0.3 is 0 Å². The molecule has 0 saturated carbocycles. The van der Waals surface area contributed by atoms with Gasteiger partial charge < -0.3 is 14.5 Å². The second-order valence-electron chi connectivity index (χ2n) is 7.45. The number of carbonyl (C=O) groups excluding carboxylic acids is 1. The Kier molecular flexibility index (Phi) is 4.26. The number of amides is 1. The molecule has 0 unspecified atom stereocenters. The van der Waals surface area contributed by atoms with Crippen molar-refractivity contribution in [2.75, 3.05) is 31.6 Å². The molecule has 27 heavy (non-hydrogen) atoms. The molecule has 1 amide bonds. The standard InChI is InChI=1S/C21H24N4O2/c1-21(2)15-23(12-13-24(21)18-9-4-5-10-19(18)27-3)20(26)16-14-22-25-11-7-6-8-17(16)25/h4-11,14H,12-13,15H2,1-3H3. The highest BCUT2D eigenvalue weighted by molar-refractivity contribution is 6.00. The topological polar surface area (TPSA) is 50.1 Å². The van der Waals surface area contributed by atoms with Gasteiger partial charge in [-0.25, -0.2) is 4.52 Å². The van der Waals surface area contributed by atoms with Crippen molar-refractivity contribution in [1.82, 2.24) is 14.5 Å². The maximum Gasteiger partial charge on any atom is 0.257 e. The molecule has 140 valence electrons. The van der Waals surface area contributed by atoms with E-state index >= 15 is 0 Å². The zero-order valence-electron chi connectivity index (χ0n) is 15.9. The van der Waals surface area contributed by atoms with Gasteiger partial charge in [0.2, 0.25) is 0 Å². The molecule has 0 atom stereocenters. The molecule has 4 rings (SSSR count). The number of benzene rings is 1. The van der Waals surface area contributed by atoms with E-state index in [0.29, 0.717) is 18.7 Å². The van der Waals surface area contributed by atoms with E-state index in [-0.39, 0.29) is 11.4 Å². The molecular formula is C21H24N4O2. The Labute approximate surface area is 159 Å². The smallest absolute Gasteiger partial charge is 0.257 e. The summed E-state index contributed by atoms with van der Waals surface area (Å²) in [5.74, 6) is 0.886. The SMILES string of the molecule is COc1ccccc1N1CCN(C(=O)c2cnn3ccccc23)CC1(C)C. The second kappa shape index (κ2) is 6.61. The van der Waals surface area contributed by atoms with Gasteiger partial charge in [0.15, 0.2) is 0 Å². The lowest BCUT2D eigenvalue weighted by molar-refractivity contribution is 0.0688. The van der Waals surface area contributed by atoms with Gasteiger partial charge in [-0.1, -0.05) is 18.2 Å². The number of aromatic nitrogens is 2. The van der Waals surface area contributed by atoms with E-state index in [1.54, 1.807) is 17.8 Å². The number of nitrogens with zero attached hydrogens (tertiary/aromatic N) is 4. The highest BCUT2D eigenvalue weighted by atomic mass is 16.5. The molecule has 0 aliphatic carbocycles. The molecule has 6 nitrogen and oxygen atoms in total. The number of pyridine rings is 1. The van der Waals surface area contributed by atoms with E-state index in [1.807, 2.05) is 47.5 Å². The van der Waals surface area contributed by atoms with Crippen molar-refractivity contribution >= 4 is 17.1 Å². The number of para-hydroxylation sites is 2. The monoisotopic (exact) mass is 364 g/mol. The van der Waals surface area contributed by atoms with Gasteiger partial charge in [0.1, 0.15) is 5.75 Å². The first kappa shape index (κ1) is 17.4. The fourth-order valence-electron chi connectivity index (χ4n) is 3.90. The Morgan fingerprint density at radius 3 is 2.67 bits per heavy atom. The average molecular weight is 364 g/mol. The Morgan fingerprint density at radius 1 is 1.11 bits per heavy atom. The Bertz CT molecular complexity index is 979. The average Bonchev–Trinajstić information content (AvgIpc) is 3.11. The molecule has 0 N–H and O–H groups in total. The van der Waals surface area contributed by atoms with Crippen molar-refractivity contribution in [3.8, 4) is 5.75 Å². The first-order chi connectivity index (χ1) is 13.0. The molecule has 1 aliphatic heterocycles. The Balaban J connectivity index is 1.59. The van der Waals surface area contributed by atoms with Crippen LogP contribution in [0.3, 0.4) is 0 Å². The van der Waals surface area contributed by atoms with Gasteiger partial charge in [-0.15, -0.1) is 0 Å². The zero-order valence-corrected chi connectivity index (χ0v) is 15.9. The molecule has 1 fully saturated rings. The summed E-state index contributed by atoms with van der Waals surface area (Å²) >= 11 is 0. The summed E-state index contributed by atoms with van der Waals surface area (Å²) in [6, 6.07) is 13.8. The normalized spacial score (nSPS) is 16.6. The van der Waals surface area contributed by atoms with Crippen LogP contribution >= 0.6 is 0 Å². The van der Waals surface area contributed by atoms with Crippen LogP contribution in [0.4, 0.5) is 5.69 Å². The first-order valence-corrected chi connectivity index (χ1v) is 9.13.